The number of aliphatic hydroxyl groups excluding tert-OH is 2. The first-order valence-electron chi connectivity index (χ1n) is 9.06. The second kappa shape index (κ2) is 10.2. The van der Waals surface area contributed by atoms with Gasteiger partial charge in [0.2, 0.25) is 7.37 Å². The van der Waals surface area contributed by atoms with E-state index in [1.165, 1.54) is 0 Å². The Hall–Kier alpha value is -0.670. The zero-order valence-electron chi connectivity index (χ0n) is 17.1. The second-order valence-electron chi connectivity index (χ2n) is 7.52. The molecule has 0 saturated carbocycles. The number of rotatable bonds is 10. The van der Waals surface area contributed by atoms with E-state index in [-0.39, 0.29) is 6.07 Å². The highest BCUT2D eigenvalue weighted by Crippen LogP contribution is 2.63. The minimum Gasteiger partial charge on any atom is -0.387 e. The Bertz CT molecular complexity index is 1190. The van der Waals surface area contributed by atoms with Crippen molar-refractivity contribution in [1.82, 2.24) is 4.57 Å². The Morgan fingerprint density at radius 1 is 1.00 bits per heavy atom. The fourth-order valence-electron chi connectivity index (χ4n) is 2.99. The maximum absolute atomic E-state index is 13.8. The molecule has 2 rings (SSSR count). The Balaban J connectivity index is 2.15. The average Bonchev–Trinajstić information content (AvgIpc) is 2.90. The van der Waals surface area contributed by atoms with Crippen molar-refractivity contribution in [2.24, 2.45) is 0 Å². The highest BCUT2D eigenvalue weighted by molar-refractivity contribution is 7.79. The van der Waals surface area contributed by atoms with Crippen LogP contribution in [0, 0.1) is 0 Å². The van der Waals surface area contributed by atoms with E-state index in [2.05, 4.69) is 4.52 Å². The Kier molecular flexibility index (Phi) is 8.94. The van der Waals surface area contributed by atoms with Gasteiger partial charge in [-0.3, -0.25) is 27.6 Å². The highest BCUT2D eigenvalue weighted by atomic mass is 31.3. The number of alkyl halides is 2. The molecule has 202 valence electrons. The molecule has 1 aliphatic heterocycles. The third kappa shape index (κ3) is 7.67. The lowest BCUT2D eigenvalue weighted by atomic mass is 10.1. The summed E-state index contributed by atoms with van der Waals surface area (Å²) in [6, 6.07) is 0.613. The number of pyridine rings is 1. The third-order valence-electron chi connectivity index (χ3n) is 4.52. The Labute approximate surface area is 194 Å². The van der Waals surface area contributed by atoms with Gasteiger partial charge in [-0.05, 0) is 6.07 Å². The van der Waals surface area contributed by atoms with Crippen molar-refractivity contribution in [2.45, 2.75) is 30.2 Å². The predicted octanol–water partition coefficient (Wildman–Crippen LogP) is -0.740. The maximum Gasteiger partial charge on any atom is 0.399 e. The second-order valence-corrected chi connectivity index (χ2v) is 16.0. The molecule has 1 saturated heterocycles. The number of halogens is 2. The van der Waals surface area contributed by atoms with Gasteiger partial charge in [-0.1, -0.05) is 0 Å². The Morgan fingerprint density at radius 3 is 2.06 bits per heavy atom. The number of aromatic nitrogens is 1. The molecule has 0 bridgehead atoms. The summed E-state index contributed by atoms with van der Waals surface area (Å²) in [5.74, 6) is -3.16. The fourth-order valence-corrected chi connectivity index (χ4v) is 9.88. The van der Waals surface area contributed by atoms with Gasteiger partial charge in [-0.15, -0.1) is 0 Å². The van der Waals surface area contributed by atoms with E-state index in [0.29, 0.717) is 16.8 Å². The van der Waals surface area contributed by atoms with Gasteiger partial charge >= 0.3 is 28.5 Å². The molecule has 1 aromatic rings. The van der Waals surface area contributed by atoms with E-state index in [4.69, 9.17) is 24.3 Å². The lowest BCUT2D eigenvalue weighted by Crippen LogP contribution is -2.35. The van der Waals surface area contributed by atoms with Crippen LogP contribution < -0.4 is 5.56 Å². The van der Waals surface area contributed by atoms with Gasteiger partial charge in [0.05, 0.1) is 6.61 Å². The van der Waals surface area contributed by atoms with Crippen LogP contribution in [0.5, 0.6) is 0 Å². The zero-order chi connectivity index (χ0) is 27.2. The quantitative estimate of drug-likeness (QED) is 0.155. The fraction of sp³-hybridized carbons (Fsp3) is 0.615. The number of hydrogen-bond donors (Lipinski definition) is 8. The molecule has 22 heteroatoms. The van der Waals surface area contributed by atoms with Gasteiger partial charge in [-0.25, -0.2) is 0 Å². The number of nitrogens with zero attached hydrogens (tertiary/aromatic N) is 1. The first-order valence-corrected chi connectivity index (χ1v) is 16.3. The normalized spacial score (nSPS) is 27.4. The molecule has 0 radical (unpaired) electrons. The molecular formula is C13H21F2NO15P4. The van der Waals surface area contributed by atoms with Gasteiger partial charge in [-0.2, -0.15) is 8.78 Å². The van der Waals surface area contributed by atoms with Gasteiger partial charge in [0.1, 0.15) is 30.1 Å². The molecule has 0 amide bonds. The molecule has 1 aromatic heterocycles. The van der Waals surface area contributed by atoms with E-state index in [0.717, 1.165) is 0 Å². The van der Waals surface area contributed by atoms with E-state index in [1.54, 1.807) is 0 Å². The van der Waals surface area contributed by atoms with Crippen molar-refractivity contribution >= 4 is 30.2 Å². The smallest absolute Gasteiger partial charge is 0.387 e. The number of ether oxygens (including phenoxy) is 1. The van der Waals surface area contributed by atoms with Crippen molar-refractivity contribution in [3.8, 4) is 0 Å². The van der Waals surface area contributed by atoms with Gasteiger partial charge in [0, 0.05) is 17.8 Å². The van der Waals surface area contributed by atoms with Gasteiger partial charge < -0.3 is 48.8 Å². The lowest BCUT2D eigenvalue weighted by molar-refractivity contribution is -0.0519. The van der Waals surface area contributed by atoms with Crippen LogP contribution in [0.4, 0.5) is 8.78 Å². The van der Waals surface area contributed by atoms with Crippen LogP contribution in [-0.2, 0) is 33.2 Å². The topological polar surface area (TPSA) is 271 Å². The summed E-state index contributed by atoms with van der Waals surface area (Å²) < 4.78 is 83.4. The van der Waals surface area contributed by atoms with Crippen LogP contribution in [0.25, 0.3) is 0 Å². The third-order valence-corrected chi connectivity index (χ3v) is 12.5. The van der Waals surface area contributed by atoms with Crippen molar-refractivity contribution in [1.29, 1.82) is 0 Å². The van der Waals surface area contributed by atoms with E-state index < -0.39 is 89.9 Å². The van der Waals surface area contributed by atoms with Crippen LogP contribution in [-0.4, -0.2) is 80.9 Å². The zero-order valence-corrected chi connectivity index (χ0v) is 20.7. The van der Waals surface area contributed by atoms with Crippen LogP contribution in [0.15, 0.2) is 23.1 Å². The minimum atomic E-state index is -5.98. The summed E-state index contributed by atoms with van der Waals surface area (Å²) >= 11 is 0. The average molecular weight is 593 g/mol. The SMILES string of the molecule is O=c1cc(C(F)(F)P(=O)(O)O)ccn1[C@@H]1O[C@H](COP(=O)(O)CP(=O)(O)CP(=O)(O)O)[C@@H](O)[C@H]1O. The van der Waals surface area contributed by atoms with Gasteiger partial charge in [0.15, 0.2) is 6.23 Å². The van der Waals surface area contributed by atoms with E-state index in [1.807, 2.05) is 0 Å². The molecule has 0 aromatic carbocycles. The minimum absolute atomic E-state index is 0.160. The van der Waals surface area contributed by atoms with Crippen LogP contribution in [0.1, 0.15) is 11.8 Å². The lowest BCUT2D eigenvalue weighted by Gasteiger charge is -2.21. The van der Waals surface area contributed by atoms with Crippen molar-refractivity contribution in [3.05, 3.63) is 34.2 Å². The molecule has 2 heterocycles. The monoisotopic (exact) mass is 593 g/mol. The van der Waals surface area contributed by atoms with E-state index >= 15 is 0 Å². The first kappa shape index (κ1) is 30.6. The van der Waals surface area contributed by atoms with Crippen LogP contribution in [0.3, 0.4) is 0 Å². The van der Waals surface area contributed by atoms with Crippen LogP contribution >= 0.6 is 30.2 Å². The molecule has 8 N–H and O–H groups in total. The standard InChI is InChI=1S/C13H21F2NO15P4/c14-13(15,35(27,28)29)7-1-2-16(9(17)3-7)12-11(19)10(18)8(31-12)4-30-34(25,26)6-32(20,21)5-33(22,23)24/h1-3,8,10-12,18-19H,4-6H2,(H,20,21)(H,25,26)(H2,22,23,24)(H2,27,28,29)/t8-,10-,11-,12-/m1/s1. The summed E-state index contributed by atoms with van der Waals surface area (Å²) in [7, 11) is -20.8. The summed E-state index contributed by atoms with van der Waals surface area (Å²) in [6.07, 6.45) is -6.68. The van der Waals surface area contributed by atoms with Gasteiger partial charge in [0.25, 0.3) is 5.56 Å². The molecule has 6 atom stereocenters. The Morgan fingerprint density at radius 2 is 1.57 bits per heavy atom. The molecule has 35 heavy (non-hydrogen) atoms. The van der Waals surface area contributed by atoms with Crippen LogP contribution in [0.2, 0.25) is 0 Å². The summed E-state index contributed by atoms with van der Waals surface area (Å²) in [5.41, 5.74) is -7.38. The largest absolute Gasteiger partial charge is 0.399 e. The highest BCUT2D eigenvalue weighted by Gasteiger charge is 2.51. The molecule has 16 nitrogen and oxygen atoms in total. The first-order chi connectivity index (χ1) is 15.6. The maximum atomic E-state index is 13.8. The number of aliphatic hydroxyl groups is 2. The molecular weight excluding hydrogens is 572 g/mol. The summed E-state index contributed by atoms with van der Waals surface area (Å²) in [5, 5.41) is 20.2. The molecule has 0 spiro atoms. The summed E-state index contributed by atoms with van der Waals surface area (Å²) in [6.45, 7) is -1.03. The predicted molar refractivity (Wildman–Crippen MR) is 110 cm³/mol. The summed E-state index contributed by atoms with van der Waals surface area (Å²) in [4.78, 5) is 66.5. The molecule has 0 aliphatic carbocycles. The van der Waals surface area contributed by atoms with Crippen molar-refractivity contribution in [2.75, 3.05) is 18.4 Å². The van der Waals surface area contributed by atoms with Crippen molar-refractivity contribution < 1.29 is 75.9 Å². The van der Waals surface area contributed by atoms with Crippen molar-refractivity contribution in [3.63, 3.8) is 0 Å². The van der Waals surface area contributed by atoms with E-state index in [9.17, 15) is 51.8 Å². The molecule has 1 fully saturated rings. The molecule has 1 aliphatic rings. The number of hydrogen-bond acceptors (Lipinski definition) is 9. The molecule has 2 unspecified atom stereocenters.